The van der Waals surface area contributed by atoms with Gasteiger partial charge in [0.2, 0.25) is 6.29 Å². The minimum Gasteiger partial charge on any atom is -0.432 e. The molecule has 0 spiro atoms. The molecule has 0 aromatic rings. The molecule has 21 nitrogen and oxygen atoms in total. The molecule has 29 atom stereocenters. The Balaban J connectivity index is 0.939. The third-order valence-corrected chi connectivity index (χ3v) is 21.5. The molecule has 4 saturated heterocycles. The Morgan fingerprint density at radius 3 is 1.89 bits per heavy atom. The summed E-state index contributed by atoms with van der Waals surface area (Å²) in [7, 11) is 0. The number of hydrogen-bond acceptors (Lipinski definition) is 21. The van der Waals surface area contributed by atoms with Gasteiger partial charge in [-0.05, 0) is 123 Å². The summed E-state index contributed by atoms with van der Waals surface area (Å²) in [6, 6.07) is 0. The van der Waals surface area contributed by atoms with E-state index in [0.717, 1.165) is 38.5 Å². The third kappa shape index (κ3) is 8.99. The predicted octanol–water partition coefficient (Wildman–Crippen LogP) is -0.513. The number of esters is 1. The van der Waals surface area contributed by atoms with Gasteiger partial charge >= 0.3 is 5.97 Å². The zero-order valence-electron chi connectivity index (χ0n) is 44.0. The SMILES string of the molecule is CC1=CC[C@@]2(C(=O)O[C@@H]3O[C@H](CO)[C@@H](O)[C@H](O)[C@H]3O)CC[C@]3(C)[C@H](CC[C@@H]4[C@@]5(C)CC[C@H](O[C@@H]6O[C@H](CO)[C@@H](O)[C@H](O)[C@H]6O[C@@H]6OC[C@H](O)[C@H](O)[C@H]6O[C@@H]6O[C@@H](C)[C@H](O)[C@@H](O)[C@H]6O)C(C)(C)[C@@H]5CC[C@]43C)[C@@H]2[C@H]1C. The molecule has 21 heteroatoms. The molecule has 4 saturated carbocycles. The molecule has 0 amide bonds. The molecule has 0 unspecified atom stereocenters. The number of carbonyl (C=O) groups excluding carboxylic acids is 1. The van der Waals surface area contributed by atoms with Gasteiger partial charge in [-0.25, -0.2) is 0 Å². The van der Waals surface area contributed by atoms with Crippen LogP contribution in [0, 0.1) is 56.7 Å². The summed E-state index contributed by atoms with van der Waals surface area (Å²) in [5, 5.41) is 128. The van der Waals surface area contributed by atoms with Crippen molar-refractivity contribution in [1.29, 1.82) is 0 Å². The van der Waals surface area contributed by atoms with Crippen LogP contribution in [-0.2, 0) is 42.7 Å². The fourth-order valence-corrected chi connectivity index (χ4v) is 16.8. The van der Waals surface area contributed by atoms with Gasteiger partial charge in [-0.1, -0.05) is 53.2 Å². The zero-order valence-corrected chi connectivity index (χ0v) is 44.0. The second-order valence-electron chi connectivity index (χ2n) is 25.2. The maximum atomic E-state index is 14.8. The van der Waals surface area contributed by atoms with E-state index in [0.29, 0.717) is 25.2 Å². The normalized spacial score (nSPS) is 55.4. The number of allylic oxidation sites excluding steroid dienone is 2. The lowest BCUT2D eigenvalue weighted by Crippen LogP contribution is -2.69. The Morgan fingerprint density at radius 1 is 0.608 bits per heavy atom. The van der Waals surface area contributed by atoms with Gasteiger partial charge in [0.15, 0.2) is 18.9 Å². The quantitative estimate of drug-likeness (QED) is 0.0745. The van der Waals surface area contributed by atoms with Gasteiger partial charge in [-0.15, -0.1) is 0 Å². The van der Waals surface area contributed by atoms with Gasteiger partial charge in [0.25, 0.3) is 0 Å². The lowest BCUT2D eigenvalue weighted by molar-refractivity contribution is -0.389. The van der Waals surface area contributed by atoms with Crippen molar-refractivity contribution in [2.75, 3.05) is 19.8 Å². The Labute approximate surface area is 433 Å². The Bertz CT molecular complexity index is 2030. The van der Waals surface area contributed by atoms with Crippen LogP contribution in [0.25, 0.3) is 0 Å². The van der Waals surface area contributed by atoms with Gasteiger partial charge in [-0.2, -0.15) is 0 Å². The van der Waals surface area contributed by atoms with Crippen LogP contribution in [0.3, 0.4) is 0 Å². The molecule has 0 bridgehead atoms. The number of aliphatic hydroxyl groups excluding tert-OH is 12. The Kier molecular flexibility index (Phi) is 16.1. The van der Waals surface area contributed by atoms with Crippen molar-refractivity contribution < 1.29 is 104 Å². The van der Waals surface area contributed by atoms with E-state index in [4.69, 9.17) is 37.9 Å². The van der Waals surface area contributed by atoms with Crippen molar-refractivity contribution in [3.63, 3.8) is 0 Å². The predicted molar refractivity (Wildman–Crippen MR) is 255 cm³/mol. The monoisotopic (exact) mass is 1060 g/mol. The maximum Gasteiger partial charge on any atom is 0.315 e. The van der Waals surface area contributed by atoms with E-state index in [9.17, 15) is 66.1 Å². The largest absolute Gasteiger partial charge is 0.432 e. The standard InChI is InChI=1S/C53H86O21/c1-22-11-16-53(48(66)74-45-41(65)38(62)35(59)27(19-54)69-45)18-17-51(7)25(32(53)23(22)2)9-10-30-50(6)14-13-31(49(4,5)29(50)12-15-52(30,51)8)71-47-43(39(63)36(60)28(20-55)70-47)73-46-42(34(58)26(56)21-67-46)72-44-40(64)37(61)33(57)24(3)68-44/h11,23-47,54-65H,9-10,12-21H2,1-8H3/t23-,24-,25+,26-,27+,28+,29-,30+,31-,32-,33-,34-,35+,36+,37+,38-,39-,40+,41+,42+,43+,44-,45-,46-,47-,50-,51+,52+,53+/m0/s1. The van der Waals surface area contributed by atoms with Crippen molar-refractivity contribution >= 4 is 5.97 Å². The number of hydrogen-bond donors (Lipinski definition) is 12. The second kappa shape index (κ2) is 20.8. The smallest absolute Gasteiger partial charge is 0.315 e. The van der Waals surface area contributed by atoms with Gasteiger partial charge in [0.05, 0.1) is 37.4 Å². The summed E-state index contributed by atoms with van der Waals surface area (Å²) in [4.78, 5) is 14.8. The zero-order chi connectivity index (χ0) is 53.9. The van der Waals surface area contributed by atoms with Crippen LogP contribution in [0.1, 0.15) is 113 Å². The summed E-state index contributed by atoms with van der Waals surface area (Å²) in [5.74, 6) is 0.0128. The van der Waals surface area contributed by atoms with E-state index in [-0.39, 0.29) is 39.9 Å². The number of aliphatic hydroxyl groups is 12. The number of rotatable bonds is 10. The first-order chi connectivity index (χ1) is 34.7. The lowest BCUT2D eigenvalue weighted by atomic mass is 9.31. The molecule has 74 heavy (non-hydrogen) atoms. The van der Waals surface area contributed by atoms with Crippen LogP contribution in [0.15, 0.2) is 11.6 Å². The summed E-state index contributed by atoms with van der Waals surface area (Å²) in [6.07, 6.45) is -20.8. The molecular formula is C53H86O21. The summed E-state index contributed by atoms with van der Waals surface area (Å²) in [6.45, 7) is 15.7. The second-order valence-corrected chi connectivity index (χ2v) is 25.2. The highest BCUT2D eigenvalue weighted by Crippen LogP contribution is 2.77. The summed E-state index contributed by atoms with van der Waals surface area (Å²) >= 11 is 0. The van der Waals surface area contributed by atoms with E-state index < -0.39 is 159 Å². The van der Waals surface area contributed by atoms with E-state index >= 15 is 0 Å². The molecule has 4 aliphatic heterocycles. The number of ether oxygens (including phenoxy) is 8. The number of carbonyl (C=O) groups is 1. The van der Waals surface area contributed by atoms with Crippen LogP contribution >= 0.6 is 0 Å². The van der Waals surface area contributed by atoms with E-state index in [1.807, 2.05) is 0 Å². The average Bonchev–Trinajstić information content (AvgIpc) is 3.36. The van der Waals surface area contributed by atoms with Gasteiger partial charge in [-0.3, -0.25) is 4.79 Å². The van der Waals surface area contributed by atoms with E-state index in [1.54, 1.807) is 0 Å². The first kappa shape index (κ1) is 57.1. The molecule has 12 N–H and O–H groups in total. The van der Waals surface area contributed by atoms with Gasteiger partial charge in [0.1, 0.15) is 85.5 Å². The molecule has 4 heterocycles. The third-order valence-electron chi connectivity index (χ3n) is 21.5. The van der Waals surface area contributed by atoms with Crippen molar-refractivity contribution in [1.82, 2.24) is 0 Å². The molecular weight excluding hydrogens is 973 g/mol. The fourth-order valence-electron chi connectivity index (χ4n) is 16.8. The Hall–Kier alpha value is -1.55. The number of fused-ring (bicyclic) bond motifs is 7. The molecule has 8 fully saturated rings. The molecule has 9 aliphatic rings. The van der Waals surface area contributed by atoms with Crippen LogP contribution in [0.5, 0.6) is 0 Å². The van der Waals surface area contributed by atoms with Crippen molar-refractivity contribution in [3.8, 4) is 0 Å². The summed E-state index contributed by atoms with van der Waals surface area (Å²) in [5.41, 5.74) is -0.710. The van der Waals surface area contributed by atoms with Crippen LogP contribution in [0.2, 0.25) is 0 Å². The molecule has 0 aromatic carbocycles. The molecule has 0 aromatic heterocycles. The molecule has 9 rings (SSSR count). The van der Waals surface area contributed by atoms with Crippen LogP contribution in [-0.4, -0.2) is 210 Å². The molecule has 5 aliphatic carbocycles. The van der Waals surface area contributed by atoms with Gasteiger partial charge in [0, 0.05) is 0 Å². The minimum absolute atomic E-state index is 0.0422. The minimum atomic E-state index is -1.77. The summed E-state index contributed by atoms with van der Waals surface area (Å²) < 4.78 is 48.5. The van der Waals surface area contributed by atoms with Crippen molar-refractivity contribution in [2.24, 2.45) is 56.7 Å². The van der Waals surface area contributed by atoms with Crippen LogP contribution < -0.4 is 0 Å². The highest BCUT2D eigenvalue weighted by Gasteiger charge is 2.72. The first-order valence-electron chi connectivity index (χ1n) is 27.2. The first-order valence-corrected chi connectivity index (χ1v) is 27.2. The average molecular weight is 1060 g/mol. The topological polar surface area (TPSA) is 334 Å². The maximum absolute atomic E-state index is 14.8. The molecule has 0 radical (unpaired) electrons. The van der Waals surface area contributed by atoms with Crippen molar-refractivity contribution in [3.05, 3.63) is 11.6 Å². The molecule has 424 valence electrons. The van der Waals surface area contributed by atoms with E-state index in [1.165, 1.54) is 12.5 Å². The lowest BCUT2D eigenvalue weighted by Gasteiger charge is -2.73. The van der Waals surface area contributed by atoms with Crippen molar-refractivity contribution in [2.45, 2.75) is 236 Å². The van der Waals surface area contributed by atoms with E-state index in [2.05, 4.69) is 54.5 Å². The fraction of sp³-hybridized carbons (Fsp3) is 0.943. The highest BCUT2D eigenvalue weighted by molar-refractivity contribution is 5.78. The Morgan fingerprint density at radius 2 is 1.22 bits per heavy atom. The van der Waals surface area contributed by atoms with Crippen LogP contribution in [0.4, 0.5) is 0 Å². The van der Waals surface area contributed by atoms with Gasteiger partial charge < -0.3 is 99.2 Å². The highest BCUT2D eigenvalue weighted by atomic mass is 16.8.